The van der Waals surface area contributed by atoms with Crippen molar-refractivity contribution >= 4 is 28.8 Å². The molecule has 2 aromatic carbocycles. The molecule has 0 aliphatic carbocycles. The Kier molecular flexibility index (Phi) is 6.34. The van der Waals surface area contributed by atoms with E-state index in [1.807, 2.05) is 18.2 Å². The number of fused-ring (bicyclic) bond motifs is 1. The van der Waals surface area contributed by atoms with Crippen molar-refractivity contribution in [2.75, 3.05) is 11.4 Å². The van der Waals surface area contributed by atoms with Crippen LogP contribution in [0.5, 0.6) is 0 Å². The first-order valence-corrected chi connectivity index (χ1v) is 10.0. The number of nitrogens with two attached hydrogens (primary N) is 1. The fourth-order valence-electron chi connectivity index (χ4n) is 3.18. The number of aryl methyl sites for hydroxylation is 1. The molecule has 1 heterocycles. The molecule has 0 fully saturated rings. The van der Waals surface area contributed by atoms with Gasteiger partial charge in [0.05, 0.1) is 6.21 Å². The van der Waals surface area contributed by atoms with Crippen molar-refractivity contribution in [2.24, 2.45) is 15.9 Å². The fourth-order valence-corrected chi connectivity index (χ4v) is 3.79. The molecule has 2 N–H and O–H groups in total. The molecular formula is C21H26N4S. The van der Waals surface area contributed by atoms with Crippen LogP contribution >= 0.6 is 11.8 Å². The summed E-state index contributed by atoms with van der Waals surface area (Å²) in [6.07, 6.45) is 4.11. The van der Waals surface area contributed by atoms with E-state index in [0.29, 0.717) is 11.2 Å². The van der Waals surface area contributed by atoms with E-state index in [9.17, 15) is 0 Å². The van der Waals surface area contributed by atoms with E-state index in [4.69, 9.17) is 5.73 Å². The Balaban J connectivity index is 1.61. The second-order valence-electron chi connectivity index (χ2n) is 6.74. The molecule has 0 unspecified atom stereocenters. The largest absolute Gasteiger partial charge is 0.377 e. The summed E-state index contributed by atoms with van der Waals surface area (Å²) < 4.78 is 0. The zero-order chi connectivity index (χ0) is 18.4. The summed E-state index contributed by atoms with van der Waals surface area (Å²) in [7, 11) is 0. The van der Waals surface area contributed by atoms with Gasteiger partial charge in [0, 0.05) is 24.0 Å². The van der Waals surface area contributed by atoms with Gasteiger partial charge in [-0.05, 0) is 55.5 Å². The van der Waals surface area contributed by atoms with Gasteiger partial charge in [0.2, 0.25) is 0 Å². The average molecular weight is 367 g/mol. The highest BCUT2D eigenvalue weighted by Gasteiger charge is 2.18. The summed E-state index contributed by atoms with van der Waals surface area (Å²) in [4.78, 5) is 2.47. The Labute approximate surface area is 160 Å². The minimum Gasteiger partial charge on any atom is -0.377 e. The second-order valence-corrected chi connectivity index (χ2v) is 7.73. The van der Waals surface area contributed by atoms with E-state index in [1.54, 1.807) is 6.21 Å². The van der Waals surface area contributed by atoms with Gasteiger partial charge in [-0.1, -0.05) is 48.2 Å². The molecular weight excluding hydrogens is 340 g/mol. The van der Waals surface area contributed by atoms with Crippen molar-refractivity contribution < 1.29 is 0 Å². The number of benzene rings is 2. The number of amidine groups is 1. The number of nitrogens with zero attached hydrogens (tertiary/aromatic N) is 3. The first-order chi connectivity index (χ1) is 12.6. The predicted molar refractivity (Wildman–Crippen MR) is 114 cm³/mol. The smallest absolute Gasteiger partial charge is 0.180 e. The summed E-state index contributed by atoms with van der Waals surface area (Å²) >= 11 is 1.50. The molecule has 3 rings (SSSR count). The molecule has 26 heavy (non-hydrogen) atoms. The van der Waals surface area contributed by atoms with Crippen molar-refractivity contribution in [3.05, 3.63) is 65.2 Å². The lowest BCUT2D eigenvalue weighted by atomic mass is 9.98. The van der Waals surface area contributed by atoms with Crippen LogP contribution in [0.4, 0.5) is 5.69 Å². The van der Waals surface area contributed by atoms with Crippen molar-refractivity contribution in [3.8, 4) is 0 Å². The van der Waals surface area contributed by atoms with Crippen molar-refractivity contribution in [2.45, 2.75) is 38.5 Å². The van der Waals surface area contributed by atoms with Gasteiger partial charge < -0.3 is 10.6 Å². The first kappa shape index (κ1) is 18.5. The zero-order valence-electron chi connectivity index (χ0n) is 15.4. The van der Waals surface area contributed by atoms with Gasteiger partial charge in [-0.2, -0.15) is 5.10 Å². The van der Waals surface area contributed by atoms with Gasteiger partial charge in [0.1, 0.15) is 0 Å². The number of anilines is 1. The molecule has 0 saturated heterocycles. The quantitative estimate of drug-likeness (QED) is 0.484. The van der Waals surface area contributed by atoms with Crippen LogP contribution in [-0.2, 0) is 12.2 Å². The second kappa shape index (κ2) is 8.90. The third-order valence-electron chi connectivity index (χ3n) is 4.47. The molecule has 1 aliphatic heterocycles. The molecule has 0 spiro atoms. The predicted octanol–water partition coefficient (Wildman–Crippen LogP) is 4.43. The average Bonchev–Trinajstić information content (AvgIpc) is 2.66. The normalized spacial score (nSPS) is 14.9. The Morgan fingerprint density at radius 2 is 2.04 bits per heavy atom. The number of thioether (sulfide) groups is 1. The lowest BCUT2D eigenvalue weighted by Crippen LogP contribution is -2.35. The minimum atomic E-state index is 0.481. The highest BCUT2D eigenvalue weighted by Crippen LogP contribution is 2.29. The Morgan fingerprint density at radius 1 is 1.23 bits per heavy atom. The summed E-state index contributed by atoms with van der Waals surface area (Å²) in [6, 6.07) is 17.3. The monoisotopic (exact) mass is 366 g/mol. The third kappa shape index (κ3) is 4.88. The summed E-state index contributed by atoms with van der Waals surface area (Å²) in [5, 5.41) is 8.75. The van der Waals surface area contributed by atoms with Gasteiger partial charge in [-0.3, -0.25) is 0 Å². The fraction of sp³-hybridized carbons (Fsp3) is 0.333. The molecule has 0 atom stereocenters. The lowest BCUT2D eigenvalue weighted by Gasteiger charge is -2.34. The standard InChI is InChI=1S/C21H26N4S/c1-16(2)25-12-6-9-19-13-18(10-11-20(19)25)14-23-24-21(22)26-15-17-7-4-3-5-8-17/h3-5,7-8,10-11,13-14,16H,6,9,12,15H2,1-2H3,(H2,22,24). The molecule has 1 aliphatic rings. The SMILES string of the molecule is CC(C)N1CCCc2cc(C=NN=C(N)SCc3ccccc3)ccc21. The third-order valence-corrected chi connectivity index (χ3v) is 5.33. The van der Waals surface area contributed by atoms with Gasteiger partial charge in [-0.15, -0.1) is 5.10 Å². The number of hydrogen-bond acceptors (Lipinski definition) is 4. The summed E-state index contributed by atoms with van der Waals surface area (Å²) in [6.45, 7) is 5.63. The molecule has 2 aromatic rings. The van der Waals surface area contributed by atoms with Gasteiger partial charge in [0.25, 0.3) is 0 Å². The first-order valence-electron chi connectivity index (χ1n) is 9.06. The van der Waals surface area contributed by atoms with Crippen LogP contribution in [0.3, 0.4) is 0 Å². The van der Waals surface area contributed by atoms with Crippen LogP contribution in [0, 0.1) is 0 Å². The van der Waals surface area contributed by atoms with Gasteiger partial charge >= 0.3 is 0 Å². The number of hydrogen-bond donors (Lipinski definition) is 1. The Morgan fingerprint density at radius 3 is 2.81 bits per heavy atom. The van der Waals surface area contributed by atoms with Crippen LogP contribution in [0.2, 0.25) is 0 Å². The number of rotatable bonds is 5. The maximum Gasteiger partial charge on any atom is 0.180 e. The van der Waals surface area contributed by atoms with Crippen molar-refractivity contribution in [1.82, 2.24) is 0 Å². The highest BCUT2D eigenvalue weighted by atomic mass is 32.2. The lowest BCUT2D eigenvalue weighted by molar-refractivity contribution is 0.625. The minimum absolute atomic E-state index is 0.481. The maximum absolute atomic E-state index is 5.94. The van der Waals surface area contributed by atoms with E-state index in [-0.39, 0.29) is 0 Å². The van der Waals surface area contributed by atoms with E-state index < -0.39 is 0 Å². The molecule has 0 bridgehead atoms. The molecule has 0 amide bonds. The van der Waals surface area contributed by atoms with E-state index in [1.165, 1.54) is 35.0 Å². The Hall–Kier alpha value is -2.27. The zero-order valence-corrected chi connectivity index (χ0v) is 16.2. The highest BCUT2D eigenvalue weighted by molar-refractivity contribution is 8.13. The maximum atomic E-state index is 5.94. The van der Waals surface area contributed by atoms with E-state index in [2.05, 4.69) is 59.3 Å². The molecule has 0 saturated carbocycles. The van der Waals surface area contributed by atoms with Crippen molar-refractivity contribution in [1.29, 1.82) is 0 Å². The summed E-state index contributed by atoms with van der Waals surface area (Å²) in [5.74, 6) is 0.801. The van der Waals surface area contributed by atoms with Crippen LogP contribution in [0.15, 0.2) is 58.7 Å². The Bertz CT molecular complexity index is 784. The summed E-state index contributed by atoms with van der Waals surface area (Å²) in [5.41, 5.74) is 11.0. The van der Waals surface area contributed by atoms with E-state index >= 15 is 0 Å². The van der Waals surface area contributed by atoms with Gasteiger partial charge in [0.15, 0.2) is 5.17 Å². The molecule has 0 radical (unpaired) electrons. The van der Waals surface area contributed by atoms with E-state index in [0.717, 1.165) is 24.3 Å². The van der Waals surface area contributed by atoms with Crippen LogP contribution in [-0.4, -0.2) is 24.0 Å². The topological polar surface area (TPSA) is 54.0 Å². The molecule has 136 valence electrons. The molecule has 4 nitrogen and oxygen atoms in total. The van der Waals surface area contributed by atoms with Crippen LogP contribution in [0.25, 0.3) is 0 Å². The van der Waals surface area contributed by atoms with Crippen LogP contribution in [0.1, 0.15) is 37.0 Å². The van der Waals surface area contributed by atoms with Crippen LogP contribution < -0.4 is 10.6 Å². The molecule has 0 aromatic heterocycles. The van der Waals surface area contributed by atoms with Gasteiger partial charge in [-0.25, -0.2) is 0 Å². The van der Waals surface area contributed by atoms with Crippen molar-refractivity contribution in [3.63, 3.8) is 0 Å². The molecule has 5 heteroatoms.